The number of carbonyl (C=O) groups is 1. The number of sulfonamides is 1. The molecule has 0 bridgehead atoms. The molecule has 0 spiro atoms. The first-order chi connectivity index (χ1) is 9.71. The highest BCUT2D eigenvalue weighted by Crippen LogP contribution is 2.06. The molecule has 6 nitrogen and oxygen atoms in total. The largest absolute Gasteiger partial charge is 0.344 e. The molecule has 0 radical (unpaired) electrons. The first-order valence-electron chi connectivity index (χ1n) is 6.81. The van der Waals surface area contributed by atoms with E-state index in [9.17, 15) is 13.2 Å². The minimum Gasteiger partial charge on any atom is -0.344 e. The number of nitrogens with zero attached hydrogens (tertiary/aromatic N) is 3. The molecule has 118 valence electrons. The quantitative estimate of drug-likeness (QED) is 0.745. The van der Waals surface area contributed by atoms with Gasteiger partial charge in [-0.3, -0.25) is 9.78 Å². The lowest BCUT2D eigenvalue weighted by atomic mass is 10.2. The zero-order chi connectivity index (χ0) is 16.0. The molecule has 0 saturated carbocycles. The van der Waals surface area contributed by atoms with E-state index in [4.69, 9.17) is 0 Å². The smallest absolute Gasteiger partial charge is 0.237 e. The Morgan fingerprint density at radius 3 is 2.33 bits per heavy atom. The summed E-state index contributed by atoms with van der Waals surface area (Å²) in [6, 6.07) is 3.56. The molecular formula is C14H23N3O3S. The minimum absolute atomic E-state index is 0.122. The summed E-state index contributed by atoms with van der Waals surface area (Å²) in [5.74, 6) is -0.205. The molecule has 0 aliphatic carbocycles. The van der Waals surface area contributed by atoms with Crippen molar-refractivity contribution in [3.8, 4) is 0 Å². The average molecular weight is 313 g/mol. The molecule has 7 heteroatoms. The van der Waals surface area contributed by atoms with Crippen molar-refractivity contribution in [1.82, 2.24) is 14.2 Å². The highest BCUT2D eigenvalue weighted by atomic mass is 32.2. The van der Waals surface area contributed by atoms with Crippen molar-refractivity contribution in [2.45, 2.75) is 26.3 Å². The Balaban J connectivity index is 2.58. The number of pyridine rings is 1. The molecule has 0 N–H and O–H groups in total. The van der Waals surface area contributed by atoms with Gasteiger partial charge in [-0.25, -0.2) is 8.42 Å². The summed E-state index contributed by atoms with van der Waals surface area (Å²) in [6.45, 7) is 3.93. The molecule has 0 fully saturated rings. The van der Waals surface area contributed by atoms with Gasteiger partial charge in [-0.05, 0) is 38.0 Å². The third kappa shape index (κ3) is 5.81. The van der Waals surface area contributed by atoms with Crippen LogP contribution >= 0.6 is 0 Å². The summed E-state index contributed by atoms with van der Waals surface area (Å²) in [7, 11) is -1.70. The van der Waals surface area contributed by atoms with Crippen LogP contribution in [0.3, 0.4) is 0 Å². The van der Waals surface area contributed by atoms with Crippen molar-refractivity contribution in [3.05, 3.63) is 30.1 Å². The maximum Gasteiger partial charge on any atom is 0.237 e. The number of hydrogen-bond acceptors (Lipinski definition) is 4. The molecule has 0 atom stereocenters. The predicted octanol–water partition coefficient (Wildman–Crippen LogP) is 0.752. The van der Waals surface area contributed by atoms with E-state index in [1.54, 1.807) is 38.2 Å². The topological polar surface area (TPSA) is 70.6 Å². The maximum atomic E-state index is 12.1. The number of rotatable bonds is 7. The molecule has 0 aliphatic rings. The third-order valence-corrected chi connectivity index (χ3v) is 4.61. The highest BCUT2D eigenvalue weighted by molar-refractivity contribution is 7.88. The van der Waals surface area contributed by atoms with Crippen LogP contribution in [-0.4, -0.2) is 60.9 Å². The molecule has 21 heavy (non-hydrogen) atoms. The number of carbonyl (C=O) groups excluding carboxylic acids is 1. The van der Waals surface area contributed by atoms with Gasteiger partial charge in [0.05, 0.1) is 12.8 Å². The van der Waals surface area contributed by atoms with Crippen molar-refractivity contribution < 1.29 is 13.2 Å². The third-order valence-electron chi connectivity index (χ3n) is 3.20. The molecule has 0 saturated heterocycles. The van der Waals surface area contributed by atoms with Crippen LogP contribution in [-0.2, 0) is 21.2 Å². The van der Waals surface area contributed by atoms with Crippen LogP contribution in [0.2, 0.25) is 0 Å². The Morgan fingerprint density at radius 1 is 1.29 bits per heavy atom. The average Bonchev–Trinajstić information content (AvgIpc) is 2.41. The molecule has 0 aromatic carbocycles. The van der Waals surface area contributed by atoms with Gasteiger partial charge >= 0.3 is 0 Å². The summed E-state index contributed by atoms with van der Waals surface area (Å²) < 4.78 is 24.5. The monoisotopic (exact) mass is 313 g/mol. The summed E-state index contributed by atoms with van der Waals surface area (Å²) in [4.78, 5) is 17.6. The summed E-state index contributed by atoms with van der Waals surface area (Å²) in [5, 5.41) is 0. The van der Waals surface area contributed by atoms with Crippen molar-refractivity contribution in [1.29, 1.82) is 0 Å². The Bertz CT molecular complexity index is 558. The van der Waals surface area contributed by atoms with Crippen molar-refractivity contribution in [2.75, 3.05) is 26.4 Å². The van der Waals surface area contributed by atoms with E-state index in [-0.39, 0.29) is 18.5 Å². The van der Waals surface area contributed by atoms with Gasteiger partial charge in [-0.1, -0.05) is 0 Å². The normalized spacial score (nSPS) is 11.9. The lowest BCUT2D eigenvalue weighted by molar-refractivity contribution is -0.130. The maximum absolute atomic E-state index is 12.1. The van der Waals surface area contributed by atoms with E-state index in [1.165, 1.54) is 4.31 Å². The number of amides is 1. The van der Waals surface area contributed by atoms with Crippen LogP contribution < -0.4 is 0 Å². The van der Waals surface area contributed by atoms with E-state index in [1.807, 2.05) is 12.1 Å². The van der Waals surface area contributed by atoms with Crippen LogP contribution in [0.25, 0.3) is 0 Å². The number of hydrogen-bond donors (Lipinski definition) is 0. The van der Waals surface area contributed by atoms with Crippen LogP contribution in [0.1, 0.15) is 19.4 Å². The molecule has 0 aliphatic heterocycles. The van der Waals surface area contributed by atoms with E-state index >= 15 is 0 Å². The standard InChI is InChI=1S/C14H23N3O3S/c1-12(2)17(21(4,19)20)11-14(18)16(3)10-7-13-5-8-15-9-6-13/h5-6,8-9,12H,7,10-11H2,1-4H3. The zero-order valence-electron chi connectivity index (χ0n) is 13.0. The van der Waals surface area contributed by atoms with E-state index < -0.39 is 10.0 Å². The fraction of sp³-hybridized carbons (Fsp3) is 0.571. The first kappa shape index (κ1) is 17.6. The Labute approximate surface area is 126 Å². The van der Waals surface area contributed by atoms with Crippen molar-refractivity contribution >= 4 is 15.9 Å². The Morgan fingerprint density at radius 2 is 1.86 bits per heavy atom. The van der Waals surface area contributed by atoms with Gasteiger partial charge in [0.2, 0.25) is 15.9 Å². The SMILES string of the molecule is CC(C)N(CC(=O)N(C)CCc1ccncc1)S(C)(=O)=O. The lowest BCUT2D eigenvalue weighted by Crippen LogP contribution is -2.44. The first-order valence-corrected chi connectivity index (χ1v) is 8.66. The predicted molar refractivity (Wildman–Crippen MR) is 82.3 cm³/mol. The van der Waals surface area contributed by atoms with Gasteiger partial charge in [-0.2, -0.15) is 4.31 Å². The van der Waals surface area contributed by atoms with Gasteiger partial charge in [0.25, 0.3) is 0 Å². The van der Waals surface area contributed by atoms with Crippen LogP contribution in [0.15, 0.2) is 24.5 Å². The van der Waals surface area contributed by atoms with Gasteiger partial charge in [0.1, 0.15) is 0 Å². The van der Waals surface area contributed by atoms with Gasteiger partial charge in [0, 0.05) is 32.0 Å². The zero-order valence-corrected chi connectivity index (χ0v) is 13.8. The van der Waals surface area contributed by atoms with Crippen LogP contribution in [0.4, 0.5) is 0 Å². The molecule has 1 heterocycles. The molecule has 1 aromatic heterocycles. The molecule has 1 rings (SSSR count). The summed E-state index contributed by atoms with van der Waals surface area (Å²) in [6.07, 6.45) is 5.26. The fourth-order valence-electron chi connectivity index (χ4n) is 1.91. The lowest BCUT2D eigenvalue weighted by Gasteiger charge is -2.26. The minimum atomic E-state index is -3.38. The van der Waals surface area contributed by atoms with Crippen LogP contribution in [0, 0.1) is 0 Å². The second-order valence-electron chi connectivity index (χ2n) is 5.32. The van der Waals surface area contributed by atoms with Crippen molar-refractivity contribution in [3.63, 3.8) is 0 Å². The second-order valence-corrected chi connectivity index (χ2v) is 7.26. The number of aromatic nitrogens is 1. The second kappa shape index (κ2) is 7.51. The number of likely N-dealkylation sites (N-methyl/N-ethyl adjacent to an activating group) is 1. The molecule has 1 aromatic rings. The van der Waals surface area contributed by atoms with Gasteiger partial charge < -0.3 is 4.90 Å². The summed E-state index contributed by atoms with van der Waals surface area (Å²) in [5.41, 5.74) is 1.09. The van der Waals surface area contributed by atoms with E-state index in [0.717, 1.165) is 11.8 Å². The summed E-state index contributed by atoms with van der Waals surface area (Å²) >= 11 is 0. The highest BCUT2D eigenvalue weighted by Gasteiger charge is 2.24. The van der Waals surface area contributed by atoms with Gasteiger partial charge in [-0.15, -0.1) is 0 Å². The Kier molecular flexibility index (Phi) is 6.29. The molecule has 0 unspecified atom stereocenters. The van der Waals surface area contributed by atoms with Crippen LogP contribution in [0.5, 0.6) is 0 Å². The van der Waals surface area contributed by atoms with Crippen molar-refractivity contribution in [2.24, 2.45) is 0 Å². The molecule has 1 amide bonds. The van der Waals surface area contributed by atoms with E-state index in [0.29, 0.717) is 13.0 Å². The Hall–Kier alpha value is -1.47. The fourth-order valence-corrected chi connectivity index (χ4v) is 3.02. The van der Waals surface area contributed by atoms with E-state index in [2.05, 4.69) is 4.98 Å². The van der Waals surface area contributed by atoms with Gasteiger partial charge in [0.15, 0.2) is 0 Å². The molecular weight excluding hydrogens is 290 g/mol.